The van der Waals surface area contributed by atoms with Crippen LogP contribution in [0.25, 0.3) is 0 Å². The molecule has 310 valence electrons. The Bertz CT molecular complexity index is 1140. The number of ether oxygens (including phenoxy) is 9. The van der Waals surface area contributed by atoms with Crippen LogP contribution in [0, 0.1) is 0 Å². The maximum atomic E-state index is 11.3. The van der Waals surface area contributed by atoms with Crippen molar-refractivity contribution in [3.8, 4) is 0 Å². The summed E-state index contributed by atoms with van der Waals surface area (Å²) in [5.74, 6) is 0. The van der Waals surface area contributed by atoms with E-state index in [9.17, 15) is 71.5 Å². The van der Waals surface area contributed by atoms with Gasteiger partial charge in [-0.2, -0.15) is 0 Å². The van der Waals surface area contributed by atoms with E-state index in [4.69, 9.17) is 42.6 Å². The molecule has 0 aromatic heterocycles. The Hall–Kier alpha value is -0.920. The summed E-state index contributed by atoms with van der Waals surface area (Å²) in [5, 5.41) is 147. The van der Waals surface area contributed by atoms with E-state index in [1.807, 2.05) is 0 Å². The average molecular weight is 781 g/mol. The number of aliphatic hydroxyl groups excluding tert-OH is 14. The van der Waals surface area contributed by atoms with Crippen molar-refractivity contribution in [3.63, 3.8) is 0 Å². The summed E-state index contributed by atoms with van der Waals surface area (Å²) in [7, 11) is 0. The van der Waals surface area contributed by atoms with Gasteiger partial charge in [-0.25, -0.2) is 0 Å². The van der Waals surface area contributed by atoms with Crippen LogP contribution in [0.2, 0.25) is 0 Å². The van der Waals surface area contributed by atoms with Crippen molar-refractivity contribution in [2.24, 2.45) is 0 Å². The number of hydrogen-bond acceptors (Lipinski definition) is 23. The van der Waals surface area contributed by atoms with Gasteiger partial charge >= 0.3 is 0 Å². The van der Waals surface area contributed by atoms with Crippen molar-refractivity contribution in [2.45, 2.75) is 168 Å². The smallest absolute Gasteiger partial charge is 0.187 e. The van der Waals surface area contributed by atoms with Gasteiger partial charge in [0, 0.05) is 6.42 Å². The van der Waals surface area contributed by atoms with Crippen LogP contribution in [0.4, 0.5) is 0 Å². The highest BCUT2D eigenvalue weighted by atomic mass is 16.8. The van der Waals surface area contributed by atoms with E-state index in [0.717, 1.165) is 0 Å². The lowest BCUT2D eigenvalue weighted by Gasteiger charge is -2.50. The monoisotopic (exact) mass is 780 g/mol. The highest BCUT2D eigenvalue weighted by Gasteiger charge is 2.56. The molecule has 0 amide bonds. The minimum atomic E-state index is -2.04. The van der Waals surface area contributed by atoms with Gasteiger partial charge in [-0.15, -0.1) is 0 Å². The molecule has 0 aliphatic carbocycles. The highest BCUT2D eigenvalue weighted by molar-refractivity contribution is 4.98. The minimum absolute atomic E-state index is 0.143. The number of aliphatic hydroxyl groups is 14. The summed E-state index contributed by atoms with van der Waals surface area (Å²) in [5.41, 5.74) is 0. The van der Waals surface area contributed by atoms with Crippen LogP contribution in [-0.4, -0.2) is 239 Å². The quantitative estimate of drug-likeness (QED) is 0.0925. The topological polar surface area (TPSA) is 366 Å². The van der Waals surface area contributed by atoms with E-state index in [2.05, 4.69) is 0 Å². The zero-order chi connectivity index (χ0) is 39.0. The fourth-order valence-corrected chi connectivity index (χ4v) is 6.80. The SMILES string of the molecule is C[C@@H]1O[C@H](O[C@@H]2[C@@H](O[C@@H]3[C@@H](O[C@H]4[C@@H](O)[C@@H](CO)OC(O)[C@@H]4O)O[C@H](CO)[C@@H](O)[C@@H]3O)O[C@H](CO)[C@@H](O)[C@@H]2O)[C@H](O)[C@H](O[C@H]2O[C@H](C)[C@@H](O)C[C@H]2O)[C@H]1O. The summed E-state index contributed by atoms with van der Waals surface area (Å²) in [4.78, 5) is 0. The third-order valence-corrected chi connectivity index (χ3v) is 10.1. The largest absolute Gasteiger partial charge is 0.394 e. The maximum absolute atomic E-state index is 11.3. The molecule has 1 unspecified atom stereocenters. The summed E-state index contributed by atoms with van der Waals surface area (Å²) in [6.45, 7) is 0.274. The predicted octanol–water partition coefficient (Wildman–Crippen LogP) is -8.84. The lowest BCUT2D eigenvalue weighted by molar-refractivity contribution is -0.405. The second kappa shape index (κ2) is 18.1. The van der Waals surface area contributed by atoms with Gasteiger partial charge in [-0.05, 0) is 13.8 Å². The van der Waals surface area contributed by atoms with Crippen LogP contribution >= 0.6 is 0 Å². The molecule has 0 radical (unpaired) electrons. The van der Waals surface area contributed by atoms with Crippen molar-refractivity contribution >= 4 is 0 Å². The normalized spacial score (nSPS) is 54.1. The molecule has 5 rings (SSSR count). The average Bonchev–Trinajstić information content (AvgIpc) is 3.12. The highest BCUT2D eigenvalue weighted by Crippen LogP contribution is 2.36. The first-order valence-corrected chi connectivity index (χ1v) is 17.2. The van der Waals surface area contributed by atoms with Crippen LogP contribution in [0.15, 0.2) is 0 Å². The molecule has 0 aromatic rings. The van der Waals surface area contributed by atoms with Crippen molar-refractivity contribution in [1.82, 2.24) is 0 Å². The van der Waals surface area contributed by atoms with Gasteiger partial charge in [-0.1, -0.05) is 0 Å². The van der Waals surface area contributed by atoms with Crippen LogP contribution in [0.1, 0.15) is 20.3 Å². The van der Waals surface area contributed by atoms with Gasteiger partial charge in [0.25, 0.3) is 0 Å². The first-order chi connectivity index (χ1) is 25.0. The molecule has 5 fully saturated rings. The molecule has 5 aliphatic heterocycles. The Morgan fingerprint density at radius 3 is 1.36 bits per heavy atom. The van der Waals surface area contributed by atoms with Crippen molar-refractivity contribution in [3.05, 3.63) is 0 Å². The second-order valence-electron chi connectivity index (χ2n) is 13.8. The first kappa shape index (κ1) is 43.2. The molecule has 0 spiro atoms. The minimum Gasteiger partial charge on any atom is -0.394 e. The van der Waals surface area contributed by atoms with Crippen molar-refractivity contribution in [2.75, 3.05) is 19.8 Å². The number of rotatable bonds is 11. The van der Waals surface area contributed by atoms with E-state index >= 15 is 0 Å². The van der Waals surface area contributed by atoms with E-state index in [1.165, 1.54) is 13.8 Å². The molecule has 0 aromatic carbocycles. The molecule has 24 atom stereocenters. The lowest BCUT2D eigenvalue weighted by Crippen LogP contribution is -2.68. The standard InChI is InChI=1S/C30H52O23/c1-7-9(34)3-10(35)27(45-7)50-22-14(36)8(2)46-28(21(22)43)52-24-18(40)15(37)12(5-32)49-30(24)53-25-19(41)16(38)11(4-31)48-29(25)51-23-17(39)13(6-33)47-26(44)20(23)42/h7-44H,3-6H2,1-2H3/t7-,8+,9+,10-,11-,12-,13-,14+,15-,16-,17+,18+,19+,20-,21-,22-,23+,24+,25+,26?,27-,28-,29-,30-/m1/s1. The van der Waals surface area contributed by atoms with Gasteiger partial charge in [0.05, 0.1) is 38.1 Å². The molecule has 0 bridgehead atoms. The Balaban J connectivity index is 1.40. The summed E-state index contributed by atoms with van der Waals surface area (Å²) < 4.78 is 50.6. The Morgan fingerprint density at radius 2 is 0.830 bits per heavy atom. The van der Waals surface area contributed by atoms with E-state index in [0.29, 0.717) is 0 Å². The van der Waals surface area contributed by atoms with Gasteiger partial charge in [0.2, 0.25) is 0 Å². The van der Waals surface area contributed by atoms with Crippen molar-refractivity contribution < 1.29 is 114 Å². The molecule has 5 heterocycles. The molecule has 23 heteroatoms. The molecule has 5 aliphatic rings. The Kier molecular flexibility index (Phi) is 14.8. The lowest BCUT2D eigenvalue weighted by atomic mass is 9.95. The zero-order valence-corrected chi connectivity index (χ0v) is 28.6. The molecule has 53 heavy (non-hydrogen) atoms. The van der Waals surface area contributed by atoms with Gasteiger partial charge in [0.15, 0.2) is 31.5 Å². The van der Waals surface area contributed by atoms with Crippen LogP contribution in [0.3, 0.4) is 0 Å². The Labute approximate surface area is 301 Å². The number of hydrogen-bond donors (Lipinski definition) is 14. The van der Waals surface area contributed by atoms with Gasteiger partial charge in [0.1, 0.15) is 97.7 Å². The Morgan fingerprint density at radius 1 is 0.396 bits per heavy atom. The summed E-state index contributed by atoms with van der Waals surface area (Å²) >= 11 is 0. The van der Waals surface area contributed by atoms with Crippen LogP contribution < -0.4 is 0 Å². The van der Waals surface area contributed by atoms with Crippen LogP contribution in [0.5, 0.6) is 0 Å². The summed E-state index contributed by atoms with van der Waals surface area (Å²) in [6, 6.07) is 0. The predicted molar refractivity (Wildman–Crippen MR) is 162 cm³/mol. The van der Waals surface area contributed by atoms with E-state index < -0.39 is 167 Å². The third-order valence-electron chi connectivity index (χ3n) is 10.1. The molecule has 5 saturated heterocycles. The van der Waals surface area contributed by atoms with E-state index in [-0.39, 0.29) is 6.42 Å². The fraction of sp³-hybridized carbons (Fsp3) is 1.00. The van der Waals surface area contributed by atoms with Crippen LogP contribution in [-0.2, 0) is 42.6 Å². The molecule has 14 N–H and O–H groups in total. The maximum Gasteiger partial charge on any atom is 0.187 e. The summed E-state index contributed by atoms with van der Waals surface area (Å²) in [6.07, 6.45) is -40.4. The third kappa shape index (κ3) is 8.98. The second-order valence-corrected chi connectivity index (χ2v) is 13.8. The van der Waals surface area contributed by atoms with Crippen molar-refractivity contribution in [1.29, 1.82) is 0 Å². The fourth-order valence-electron chi connectivity index (χ4n) is 6.80. The molecular formula is C30H52O23. The van der Waals surface area contributed by atoms with E-state index in [1.54, 1.807) is 0 Å². The zero-order valence-electron chi connectivity index (χ0n) is 28.6. The van der Waals surface area contributed by atoms with Gasteiger partial charge < -0.3 is 114 Å². The molecular weight excluding hydrogens is 728 g/mol. The molecule has 0 saturated carbocycles. The first-order valence-electron chi connectivity index (χ1n) is 17.2. The van der Waals surface area contributed by atoms with Gasteiger partial charge in [-0.3, -0.25) is 0 Å². The molecule has 23 nitrogen and oxygen atoms in total.